The van der Waals surface area contributed by atoms with Crippen LogP contribution < -0.4 is 10.6 Å². The number of amides is 1. The van der Waals surface area contributed by atoms with Crippen LogP contribution in [0.15, 0.2) is 24.3 Å². The second kappa shape index (κ2) is 8.61. The van der Waals surface area contributed by atoms with E-state index in [1.54, 1.807) is 13.2 Å². The summed E-state index contributed by atoms with van der Waals surface area (Å²) in [5.41, 5.74) is 0.826. The molecule has 0 aliphatic carbocycles. The number of halogens is 1. The molecule has 1 aromatic carbocycles. The zero-order valence-corrected chi connectivity index (χ0v) is 11.4. The standard InChI is InChI=1S/C14H21FN2O2/c1-11(12-5-3-6-13(15)9-12)17-10-14(18)16-7-4-8-19-2/h3,5-6,9,11,17H,4,7-8,10H2,1-2H3,(H,16,18)/t11-/m1/s1. The summed E-state index contributed by atoms with van der Waals surface area (Å²) in [5, 5.41) is 5.84. The first-order valence-corrected chi connectivity index (χ1v) is 6.38. The van der Waals surface area contributed by atoms with Gasteiger partial charge in [0.25, 0.3) is 0 Å². The number of methoxy groups -OCH3 is 1. The maximum absolute atomic E-state index is 13.0. The Bertz CT molecular complexity index is 399. The van der Waals surface area contributed by atoms with Gasteiger partial charge < -0.3 is 15.4 Å². The number of benzene rings is 1. The average molecular weight is 268 g/mol. The highest BCUT2D eigenvalue weighted by atomic mass is 19.1. The van der Waals surface area contributed by atoms with Crippen molar-refractivity contribution in [1.29, 1.82) is 0 Å². The summed E-state index contributed by atoms with van der Waals surface area (Å²) in [4.78, 5) is 11.5. The van der Waals surface area contributed by atoms with Gasteiger partial charge in [-0.05, 0) is 31.0 Å². The summed E-state index contributed by atoms with van der Waals surface area (Å²) in [7, 11) is 1.63. The van der Waals surface area contributed by atoms with E-state index in [1.807, 2.05) is 13.0 Å². The van der Waals surface area contributed by atoms with Gasteiger partial charge in [0.2, 0.25) is 5.91 Å². The van der Waals surface area contributed by atoms with E-state index in [0.717, 1.165) is 12.0 Å². The van der Waals surface area contributed by atoms with E-state index in [1.165, 1.54) is 12.1 Å². The molecule has 19 heavy (non-hydrogen) atoms. The molecule has 0 saturated heterocycles. The minimum atomic E-state index is -0.268. The van der Waals surface area contributed by atoms with Crippen molar-refractivity contribution in [2.24, 2.45) is 0 Å². The zero-order valence-electron chi connectivity index (χ0n) is 11.4. The molecular formula is C14H21FN2O2. The van der Waals surface area contributed by atoms with Gasteiger partial charge in [-0.1, -0.05) is 12.1 Å². The minimum Gasteiger partial charge on any atom is -0.385 e. The van der Waals surface area contributed by atoms with Crippen LogP contribution in [0.2, 0.25) is 0 Å². The maximum atomic E-state index is 13.0. The van der Waals surface area contributed by atoms with E-state index < -0.39 is 0 Å². The fraction of sp³-hybridized carbons (Fsp3) is 0.500. The number of hydrogen-bond donors (Lipinski definition) is 2. The molecule has 4 nitrogen and oxygen atoms in total. The molecule has 0 heterocycles. The van der Waals surface area contributed by atoms with Crippen molar-refractivity contribution in [2.75, 3.05) is 26.8 Å². The van der Waals surface area contributed by atoms with E-state index in [-0.39, 0.29) is 24.3 Å². The molecule has 0 fully saturated rings. The van der Waals surface area contributed by atoms with Crippen LogP contribution >= 0.6 is 0 Å². The third-order valence-corrected chi connectivity index (χ3v) is 2.76. The molecule has 0 unspecified atom stereocenters. The van der Waals surface area contributed by atoms with Crippen molar-refractivity contribution < 1.29 is 13.9 Å². The average Bonchev–Trinajstić information content (AvgIpc) is 2.41. The van der Waals surface area contributed by atoms with E-state index >= 15 is 0 Å². The van der Waals surface area contributed by atoms with E-state index in [9.17, 15) is 9.18 Å². The third kappa shape index (κ3) is 6.31. The van der Waals surface area contributed by atoms with Gasteiger partial charge in [-0.2, -0.15) is 0 Å². The quantitative estimate of drug-likeness (QED) is 0.705. The van der Waals surface area contributed by atoms with Crippen LogP contribution in [-0.4, -0.2) is 32.7 Å². The lowest BCUT2D eigenvalue weighted by molar-refractivity contribution is -0.120. The van der Waals surface area contributed by atoms with Gasteiger partial charge in [0.15, 0.2) is 0 Å². The molecule has 0 aliphatic heterocycles. The number of carbonyl (C=O) groups excluding carboxylic acids is 1. The molecule has 1 amide bonds. The van der Waals surface area contributed by atoms with E-state index in [0.29, 0.717) is 13.2 Å². The van der Waals surface area contributed by atoms with Crippen LogP contribution in [0.25, 0.3) is 0 Å². The Morgan fingerprint density at radius 1 is 1.47 bits per heavy atom. The Morgan fingerprint density at radius 2 is 2.26 bits per heavy atom. The number of nitrogens with one attached hydrogen (secondary N) is 2. The van der Waals surface area contributed by atoms with Crippen molar-refractivity contribution in [3.63, 3.8) is 0 Å². The third-order valence-electron chi connectivity index (χ3n) is 2.76. The van der Waals surface area contributed by atoms with Crippen molar-refractivity contribution in [2.45, 2.75) is 19.4 Å². The number of carbonyl (C=O) groups is 1. The molecule has 0 spiro atoms. The Kier molecular flexibility index (Phi) is 7.07. The molecule has 0 aromatic heterocycles. The predicted octanol–water partition coefficient (Wildman–Crippen LogP) is 1.63. The van der Waals surface area contributed by atoms with Crippen LogP contribution in [0, 0.1) is 5.82 Å². The second-order valence-corrected chi connectivity index (χ2v) is 4.35. The van der Waals surface area contributed by atoms with Crippen molar-refractivity contribution in [3.8, 4) is 0 Å². The lowest BCUT2D eigenvalue weighted by Gasteiger charge is -2.14. The van der Waals surface area contributed by atoms with Gasteiger partial charge in [0.05, 0.1) is 6.54 Å². The van der Waals surface area contributed by atoms with Crippen LogP contribution in [-0.2, 0) is 9.53 Å². The summed E-state index contributed by atoms with van der Waals surface area (Å²) >= 11 is 0. The smallest absolute Gasteiger partial charge is 0.233 e. The first-order chi connectivity index (χ1) is 9.13. The van der Waals surface area contributed by atoms with E-state index in [2.05, 4.69) is 10.6 Å². The molecule has 2 N–H and O–H groups in total. The largest absolute Gasteiger partial charge is 0.385 e. The van der Waals surface area contributed by atoms with Gasteiger partial charge >= 0.3 is 0 Å². The van der Waals surface area contributed by atoms with Crippen LogP contribution in [0.3, 0.4) is 0 Å². The maximum Gasteiger partial charge on any atom is 0.233 e. The lowest BCUT2D eigenvalue weighted by atomic mass is 10.1. The Balaban J connectivity index is 2.26. The first-order valence-electron chi connectivity index (χ1n) is 6.38. The highest BCUT2D eigenvalue weighted by Gasteiger charge is 2.07. The summed E-state index contributed by atoms with van der Waals surface area (Å²) in [6, 6.07) is 6.29. The minimum absolute atomic E-state index is 0.0691. The summed E-state index contributed by atoms with van der Waals surface area (Å²) in [5.74, 6) is -0.338. The molecule has 0 bridgehead atoms. The molecule has 0 saturated carbocycles. The SMILES string of the molecule is COCCCNC(=O)CN[C@H](C)c1cccc(F)c1. The Hall–Kier alpha value is -1.46. The highest BCUT2D eigenvalue weighted by molar-refractivity contribution is 5.77. The number of ether oxygens (including phenoxy) is 1. The van der Waals surface area contributed by atoms with Crippen molar-refractivity contribution >= 4 is 5.91 Å². The highest BCUT2D eigenvalue weighted by Crippen LogP contribution is 2.12. The van der Waals surface area contributed by atoms with Gasteiger partial charge in [0, 0.05) is 26.3 Å². The van der Waals surface area contributed by atoms with Crippen molar-refractivity contribution in [3.05, 3.63) is 35.6 Å². The van der Waals surface area contributed by atoms with Crippen LogP contribution in [0.1, 0.15) is 24.9 Å². The first kappa shape index (κ1) is 15.6. The molecule has 1 aromatic rings. The molecular weight excluding hydrogens is 247 g/mol. The number of hydrogen-bond acceptors (Lipinski definition) is 3. The molecule has 1 rings (SSSR count). The molecule has 5 heteroatoms. The van der Waals surface area contributed by atoms with Crippen LogP contribution in [0.4, 0.5) is 4.39 Å². The van der Waals surface area contributed by atoms with Crippen molar-refractivity contribution in [1.82, 2.24) is 10.6 Å². The normalized spacial score (nSPS) is 12.2. The lowest BCUT2D eigenvalue weighted by Crippen LogP contribution is -2.35. The van der Waals surface area contributed by atoms with Gasteiger partial charge in [-0.25, -0.2) is 4.39 Å². The van der Waals surface area contributed by atoms with Crippen LogP contribution in [0.5, 0.6) is 0 Å². The summed E-state index contributed by atoms with van der Waals surface area (Å²) in [6.07, 6.45) is 0.793. The summed E-state index contributed by atoms with van der Waals surface area (Å²) < 4.78 is 17.9. The topological polar surface area (TPSA) is 50.4 Å². The summed E-state index contributed by atoms with van der Waals surface area (Å²) in [6.45, 7) is 3.34. The number of rotatable bonds is 8. The predicted molar refractivity (Wildman–Crippen MR) is 72.3 cm³/mol. The monoisotopic (exact) mass is 268 g/mol. The fourth-order valence-corrected chi connectivity index (χ4v) is 1.65. The Morgan fingerprint density at radius 3 is 2.95 bits per heavy atom. The van der Waals surface area contributed by atoms with Gasteiger partial charge in [-0.15, -0.1) is 0 Å². The molecule has 0 radical (unpaired) electrons. The fourth-order valence-electron chi connectivity index (χ4n) is 1.65. The Labute approximate surface area is 113 Å². The molecule has 106 valence electrons. The van der Waals surface area contributed by atoms with E-state index in [4.69, 9.17) is 4.74 Å². The zero-order chi connectivity index (χ0) is 14.1. The second-order valence-electron chi connectivity index (χ2n) is 4.35. The van der Waals surface area contributed by atoms with Gasteiger partial charge in [-0.3, -0.25) is 4.79 Å². The van der Waals surface area contributed by atoms with Gasteiger partial charge in [0.1, 0.15) is 5.82 Å². The molecule has 1 atom stereocenters. The molecule has 0 aliphatic rings.